The van der Waals surface area contributed by atoms with Gasteiger partial charge in [0.15, 0.2) is 0 Å². The van der Waals surface area contributed by atoms with Crippen molar-refractivity contribution >= 4 is 17.7 Å². The molecule has 5 nitrogen and oxygen atoms in total. The highest BCUT2D eigenvalue weighted by molar-refractivity contribution is 5.87. The first kappa shape index (κ1) is 21.8. The lowest BCUT2D eigenvalue weighted by atomic mass is 9.43. The fourth-order valence-corrected chi connectivity index (χ4v) is 8.17. The summed E-state index contributed by atoms with van der Waals surface area (Å²) in [7, 11) is 1.45. The predicted octanol–water partition coefficient (Wildman–Crippen LogP) is 4.85. The van der Waals surface area contributed by atoms with Gasteiger partial charge in [0.1, 0.15) is 11.4 Å². The maximum Gasteiger partial charge on any atom is 0.306 e. The van der Waals surface area contributed by atoms with E-state index in [-0.39, 0.29) is 28.7 Å². The molecule has 1 aliphatic heterocycles. The quantitative estimate of drug-likeness (QED) is 0.455. The summed E-state index contributed by atoms with van der Waals surface area (Å²) >= 11 is 0. The van der Waals surface area contributed by atoms with Crippen molar-refractivity contribution in [1.82, 2.24) is 0 Å². The largest absolute Gasteiger partial charge is 0.469 e. The van der Waals surface area contributed by atoms with Crippen LogP contribution in [0.4, 0.5) is 0 Å². The lowest BCUT2D eigenvalue weighted by Gasteiger charge is -2.61. The number of fused-ring (bicyclic) bond motifs is 4. The van der Waals surface area contributed by atoms with Gasteiger partial charge in [0.2, 0.25) is 0 Å². The summed E-state index contributed by atoms with van der Waals surface area (Å²) in [5.41, 5.74) is -1.06. The van der Waals surface area contributed by atoms with E-state index in [1.165, 1.54) is 7.11 Å². The molecular weight excluding hydrogens is 380 g/mol. The molecule has 0 spiro atoms. The number of Topliss-reactive ketones (excluding diaryl/α,β-unsaturated/α-hetero) is 1. The van der Waals surface area contributed by atoms with Crippen LogP contribution in [0.25, 0.3) is 0 Å². The van der Waals surface area contributed by atoms with Crippen LogP contribution < -0.4 is 0 Å². The fraction of sp³-hybridized carbons (Fsp3) is 0.880. The smallest absolute Gasteiger partial charge is 0.306 e. The van der Waals surface area contributed by atoms with Crippen LogP contribution >= 0.6 is 0 Å². The molecule has 0 radical (unpaired) electrons. The summed E-state index contributed by atoms with van der Waals surface area (Å²) in [5.74, 6) is 1.15. The van der Waals surface area contributed by atoms with Crippen molar-refractivity contribution < 1.29 is 23.9 Å². The van der Waals surface area contributed by atoms with Gasteiger partial charge in [-0.25, -0.2) is 0 Å². The van der Waals surface area contributed by atoms with E-state index in [2.05, 4.69) is 20.8 Å². The first-order valence-corrected chi connectivity index (χ1v) is 12.0. The van der Waals surface area contributed by atoms with E-state index in [4.69, 9.17) is 9.47 Å². The maximum absolute atomic E-state index is 12.8. The average Bonchev–Trinajstić information content (AvgIpc) is 3.19. The molecule has 0 aromatic carbocycles. The number of ether oxygens (including phenoxy) is 2. The Kier molecular flexibility index (Phi) is 5.55. The molecular formula is C25H38O5. The fourth-order valence-electron chi connectivity index (χ4n) is 8.17. The number of esters is 2. The summed E-state index contributed by atoms with van der Waals surface area (Å²) in [4.78, 5) is 38.0. The molecule has 4 rings (SSSR count). The van der Waals surface area contributed by atoms with E-state index in [0.29, 0.717) is 42.8 Å². The lowest BCUT2D eigenvalue weighted by molar-refractivity contribution is -0.190. The van der Waals surface area contributed by atoms with Crippen molar-refractivity contribution in [1.29, 1.82) is 0 Å². The SMILES string of the molecule is CCCCCC12CC3C4CCC(=O)C4(C)CCC3C(C)(CC(=O)OC)C1CC(=O)O2. The number of ketones is 1. The topological polar surface area (TPSA) is 69.7 Å². The summed E-state index contributed by atoms with van der Waals surface area (Å²) in [6, 6.07) is 0. The number of methoxy groups -OCH3 is 1. The van der Waals surface area contributed by atoms with Crippen LogP contribution in [-0.4, -0.2) is 30.4 Å². The highest BCUT2D eigenvalue weighted by Crippen LogP contribution is 2.68. The zero-order valence-corrected chi connectivity index (χ0v) is 19.1. The molecule has 3 aliphatic carbocycles. The Morgan fingerprint density at radius 2 is 1.93 bits per heavy atom. The van der Waals surface area contributed by atoms with Gasteiger partial charge in [0.25, 0.3) is 0 Å². The summed E-state index contributed by atoms with van der Waals surface area (Å²) < 4.78 is 11.3. The summed E-state index contributed by atoms with van der Waals surface area (Å²) in [6.07, 6.45) is 9.21. The predicted molar refractivity (Wildman–Crippen MR) is 112 cm³/mol. The summed E-state index contributed by atoms with van der Waals surface area (Å²) in [6.45, 7) is 6.56. The minimum Gasteiger partial charge on any atom is -0.469 e. The van der Waals surface area contributed by atoms with Crippen molar-refractivity contribution in [3.63, 3.8) is 0 Å². The third kappa shape index (κ3) is 3.14. The zero-order chi connectivity index (χ0) is 21.7. The molecule has 3 saturated carbocycles. The van der Waals surface area contributed by atoms with Crippen LogP contribution in [-0.2, 0) is 23.9 Å². The molecule has 1 saturated heterocycles. The van der Waals surface area contributed by atoms with Gasteiger partial charge in [0.05, 0.1) is 20.0 Å². The van der Waals surface area contributed by atoms with Crippen LogP contribution in [0.2, 0.25) is 0 Å². The Hall–Kier alpha value is -1.39. The van der Waals surface area contributed by atoms with Gasteiger partial charge in [-0.1, -0.05) is 33.6 Å². The normalized spacial score (nSPS) is 44.8. The number of unbranched alkanes of at least 4 members (excludes halogenated alkanes) is 2. The molecule has 4 fully saturated rings. The molecule has 0 aromatic heterocycles. The van der Waals surface area contributed by atoms with Crippen LogP contribution in [0.15, 0.2) is 0 Å². The number of hydrogen-bond acceptors (Lipinski definition) is 5. The Balaban J connectivity index is 1.76. The minimum absolute atomic E-state index is 0.0520. The van der Waals surface area contributed by atoms with Crippen molar-refractivity contribution in [2.24, 2.45) is 34.5 Å². The van der Waals surface area contributed by atoms with Crippen molar-refractivity contribution in [2.45, 2.75) is 97.0 Å². The molecule has 0 aromatic rings. The second-order valence-electron chi connectivity index (χ2n) is 11.0. The number of rotatable bonds is 6. The second-order valence-corrected chi connectivity index (χ2v) is 11.0. The molecule has 7 unspecified atom stereocenters. The van der Waals surface area contributed by atoms with Gasteiger partial charge in [-0.2, -0.15) is 0 Å². The highest BCUT2D eigenvalue weighted by Gasteiger charge is 2.68. The summed E-state index contributed by atoms with van der Waals surface area (Å²) in [5, 5.41) is 0. The van der Waals surface area contributed by atoms with E-state index in [1.807, 2.05) is 0 Å². The molecule has 168 valence electrons. The van der Waals surface area contributed by atoms with Crippen LogP contribution in [0.5, 0.6) is 0 Å². The average molecular weight is 419 g/mol. The zero-order valence-electron chi connectivity index (χ0n) is 19.1. The van der Waals surface area contributed by atoms with Crippen molar-refractivity contribution in [3.05, 3.63) is 0 Å². The number of carbonyl (C=O) groups excluding carboxylic acids is 3. The molecule has 4 aliphatic rings. The van der Waals surface area contributed by atoms with E-state index in [0.717, 1.165) is 51.4 Å². The molecule has 0 amide bonds. The Bertz CT molecular complexity index is 731. The first-order chi connectivity index (χ1) is 14.2. The second kappa shape index (κ2) is 7.63. The molecule has 7 atom stereocenters. The third-order valence-electron chi connectivity index (χ3n) is 9.65. The van der Waals surface area contributed by atoms with E-state index < -0.39 is 5.60 Å². The molecule has 0 N–H and O–H groups in total. The van der Waals surface area contributed by atoms with E-state index in [9.17, 15) is 14.4 Å². The van der Waals surface area contributed by atoms with Crippen LogP contribution in [0, 0.1) is 34.5 Å². The minimum atomic E-state index is -0.486. The van der Waals surface area contributed by atoms with E-state index >= 15 is 0 Å². The number of hydrogen-bond donors (Lipinski definition) is 0. The Morgan fingerprint density at radius 1 is 1.17 bits per heavy atom. The number of carbonyl (C=O) groups is 3. The molecule has 0 bridgehead atoms. The van der Waals surface area contributed by atoms with Gasteiger partial charge >= 0.3 is 11.9 Å². The van der Waals surface area contributed by atoms with E-state index in [1.54, 1.807) is 0 Å². The Labute approximate surface area is 180 Å². The highest BCUT2D eigenvalue weighted by atomic mass is 16.6. The van der Waals surface area contributed by atoms with Gasteiger partial charge in [-0.15, -0.1) is 0 Å². The standard InChI is InChI=1S/C25H38O5/c1-5-6-7-11-25-14-16-17-8-9-20(26)23(17,2)12-10-18(16)24(3,15-22(28)29-4)19(25)13-21(27)30-25/h16-19H,5-15H2,1-4H3. The van der Waals surface area contributed by atoms with Gasteiger partial charge in [0, 0.05) is 17.8 Å². The first-order valence-electron chi connectivity index (χ1n) is 12.0. The van der Waals surface area contributed by atoms with Gasteiger partial charge in [-0.05, 0) is 61.7 Å². The van der Waals surface area contributed by atoms with Crippen LogP contribution in [0.1, 0.15) is 91.4 Å². The van der Waals surface area contributed by atoms with Gasteiger partial charge < -0.3 is 9.47 Å². The van der Waals surface area contributed by atoms with Gasteiger partial charge in [-0.3, -0.25) is 14.4 Å². The van der Waals surface area contributed by atoms with Crippen molar-refractivity contribution in [2.75, 3.05) is 7.11 Å². The Morgan fingerprint density at radius 3 is 2.63 bits per heavy atom. The van der Waals surface area contributed by atoms with Crippen LogP contribution in [0.3, 0.4) is 0 Å². The van der Waals surface area contributed by atoms with Crippen molar-refractivity contribution in [3.8, 4) is 0 Å². The lowest BCUT2D eigenvalue weighted by Crippen LogP contribution is -2.60. The maximum atomic E-state index is 12.8. The third-order valence-corrected chi connectivity index (χ3v) is 9.65. The monoisotopic (exact) mass is 418 g/mol. The molecule has 5 heteroatoms. The molecule has 1 heterocycles. The molecule has 30 heavy (non-hydrogen) atoms.